The molecule has 4 aromatic rings. The maximum atomic E-state index is 12.8. The molecule has 0 unspecified atom stereocenters. The molecule has 1 N–H and O–H groups in total. The van der Waals surface area contributed by atoms with Gasteiger partial charge in [0.05, 0.1) is 23.8 Å². The molecular formula is C23H18ClN3O4S. The minimum Gasteiger partial charge on any atom is -0.462 e. The number of carbonyl (C=O) groups excluding carboxylic acids is 2. The van der Waals surface area contributed by atoms with Crippen LogP contribution in [-0.4, -0.2) is 28.0 Å². The average Bonchev–Trinajstić information content (AvgIpc) is 3.12. The smallest absolute Gasteiger partial charge is 0.341 e. The van der Waals surface area contributed by atoms with Crippen LogP contribution in [-0.2, 0) is 16.1 Å². The van der Waals surface area contributed by atoms with Gasteiger partial charge in [-0.25, -0.2) is 9.78 Å². The van der Waals surface area contributed by atoms with Gasteiger partial charge in [-0.15, -0.1) is 11.3 Å². The number of fused-ring (bicyclic) bond motifs is 1. The lowest BCUT2D eigenvalue weighted by atomic mass is 10.0. The quantitative estimate of drug-likeness (QED) is 0.419. The first-order chi connectivity index (χ1) is 15.5. The monoisotopic (exact) mass is 467 g/mol. The minimum atomic E-state index is -0.589. The van der Waals surface area contributed by atoms with Crippen molar-refractivity contribution in [1.29, 1.82) is 0 Å². The van der Waals surface area contributed by atoms with Gasteiger partial charge >= 0.3 is 5.97 Å². The lowest BCUT2D eigenvalue weighted by Crippen LogP contribution is -2.28. The Bertz CT molecular complexity index is 1360. The number of amides is 1. The molecule has 0 aliphatic rings. The maximum absolute atomic E-state index is 12.8. The predicted molar refractivity (Wildman–Crippen MR) is 125 cm³/mol. The van der Waals surface area contributed by atoms with E-state index in [0.717, 1.165) is 16.9 Å². The fourth-order valence-electron chi connectivity index (χ4n) is 3.29. The van der Waals surface area contributed by atoms with E-state index in [4.69, 9.17) is 16.3 Å². The molecule has 162 valence electrons. The summed E-state index contributed by atoms with van der Waals surface area (Å²) in [5.74, 6) is -1.08. The summed E-state index contributed by atoms with van der Waals surface area (Å²) in [4.78, 5) is 42.4. The number of halogens is 1. The first-order valence-electron chi connectivity index (χ1n) is 9.78. The van der Waals surface area contributed by atoms with Crippen LogP contribution in [0.15, 0.2) is 65.7 Å². The van der Waals surface area contributed by atoms with Crippen LogP contribution in [0.4, 0.5) is 5.00 Å². The first-order valence-corrected chi connectivity index (χ1v) is 11.0. The Kier molecular flexibility index (Phi) is 6.34. The second kappa shape index (κ2) is 9.33. The number of anilines is 1. The summed E-state index contributed by atoms with van der Waals surface area (Å²) in [6, 6.07) is 16.1. The van der Waals surface area contributed by atoms with Crippen LogP contribution >= 0.6 is 22.9 Å². The zero-order valence-corrected chi connectivity index (χ0v) is 18.6. The highest BCUT2D eigenvalue weighted by atomic mass is 35.5. The number of hydrogen-bond donors (Lipinski definition) is 1. The number of nitrogens with zero attached hydrogens (tertiary/aromatic N) is 2. The molecule has 0 saturated carbocycles. The molecule has 0 saturated heterocycles. The summed E-state index contributed by atoms with van der Waals surface area (Å²) in [6.45, 7) is 1.60. The van der Waals surface area contributed by atoms with E-state index >= 15 is 0 Å². The summed E-state index contributed by atoms with van der Waals surface area (Å²) in [5.41, 5.74) is 1.63. The SMILES string of the molecule is CCOC(=O)c1c(NC(=O)Cn2cnc3ccccc3c2=O)sc(Cl)c1-c1ccccc1. The number of esters is 1. The fraction of sp³-hybridized carbons (Fsp3) is 0.130. The van der Waals surface area contributed by atoms with Crippen molar-refractivity contribution in [3.05, 3.63) is 81.2 Å². The molecule has 0 bridgehead atoms. The number of para-hydroxylation sites is 1. The van der Waals surface area contributed by atoms with Crippen molar-refractivity contribution in [2.24, 2.45) is 0 Å². The molecule has 0 fully saturated rings. The van der Waals surface area contributed by atoms with Gasteiger partial charge in [-0.05, 0) is 24.6 Å². The maximum Gasteiger partial charge on any atom is 0.341 e. The fourth-order valence-corrected chi connectivity index (χ4v) is 4.68. The number of benzene rings is 2. The highest BCUT2D eigenvalue weighted by Gasteiger charge is 2.26. The number of aromatic nitrogens is 2. The largest absolute Gasteiger partial charge is 0.462 e. The van der Waals surface area contributed by atoms with Gasteiger partial charge in [0.25, 0.3) is 5.56 Å². The Morgan fingerprint density at radius 1 is 1.12 bits per heavy atom. The van der Waals surface area contributed by atoms with E-state index in [1.54, 1.807) is 31.2 Å². The van der Waals surface area contributed by atoms with Gasteiger partial charge in [0.1, 0.15) is 21.4 Å². The van der Waals surface area contributed by atoms with Gasteiger partial charge in [0.2, 0.25) is 5.91 Å². The van der Waals surface area contributed by atoms with Crippen LogP contribution in [0.2, 0.25) is 4.34 Å². The van der Waals surface area contributed by atoms with E-state index in [-0.39, 0.29) is 29.3 Å². The molecule has 2 heterocycles. The molecule has 32 heavy (non-hydrogen) atoms. The van der Waals surface area contributed by atoms with Crippen molar-refractivity contribution in [2.45, 2.75) is 13.5 Å². The molecule has 2 aromatic carbocycles. The highest BCUT2D eigenvalue weighted by Crippen LogP contribution is 2.43. The number of rotatable bonds is 6. The van der Waals surface area contributed by atoms with Crippen molar-refractivity contribution >= 4 is 50.7 Å². The van der Waals surface area contributed by atoms with Crippen molar-refractivity contribution in [1.82, 2.24) is 9.55 Å². The van der Waals surface area contributed by atoms with Crippen molar-refractivity contribution in [3.8, 4) is 11.1 Å². The summed E-state index contributed by atoms with van der Waals surface area (Å²) in [6.07, 6.45) is 1.33. The molecule has 2 aromatic heterocycles. The zero-order chi connectivity index (χ0) is 22.7. The molecule has 0 aliphatic heterocycles. The van der Waals surface area contributed by atoms with Crippen LogP contribution in [0.25, 0.3) is 22.0 Å². The van der Waals surface area contributed by atoms with E-state index in [1.807, 2.05) is 30.3 Å². The third kappa shape index (κ3) is 4.28. The molecule has 1 amide bonds. The standard InChI is InChI=1S/C23H18ClN3O4S/c1-2-31-23(30)19-18(14-8-4-3-5-9-14)20(24)32-21(19)26-17(28)12-27-13-25-16-11-7-6-10-15(16)22(27)29/h3-11,13H,2,12H2,1H3,(H,26,28). The van der Waals surface area contributed by atoms with Crippen molar-refractivity contribution < 1.29 is 14.3 Å². The van der Waals surface area contributed by atoms with Gasteiger partial charge in [0.15, 0.2) is 0 Å². The molecule has 0 spiro atoms. The summed E-state index contributed by atoms with van der Waals surface area (Å²) < 4.78 is 6.77. The van der Waals surface area contributed by atoms with Crippen LogP contribution in [0.3, 0.4) is 0 Å². The molecule has 0 aliphatic carbocycles. The molecular weight excluding hydrogens is 450 g/mol. The summed E-state index contributed by atoms with van der Waals surface area (Å²) in [5, 5.41) is 3.39. The zero-order valence-electron chi connectivity index (χ0n) is 17.0. The summed E-state index contributed by atoms with van der Waals surface area (Å²) in [7, 11) is 0. The van der Waals surface area contributed by atoms with E-state index in [1.165, 1.54) is 10.9 Å². The lowest BCUT2D eigenvalue weighted by Gasteiger charge is -2.10. The normalized spacial score (nSPS) is 10.8. The van der Waals surface area contributed by atoms with E-state index in [0.29, 0.717) is 20.8 Å². The minimum absolute atomic E-state index is 0.173. The van der Waals surface area contributed by atoms with Gasteiger partial charge < -0.3 is 10.1 Å². The predicted octanol–water partition coefficient (Wildman–Crippen LogP) is 4.59. The Hall–Kier alpha value is -3.49. The third-order valence-corrected chi connectivity index (χ3v) is 6.02. The second-order valence-corrected chi connectivity index (χ2v) is 8.41. The number of nitrogens with one attached hydrogen (secondary N) is 1. The highest BCUT2D eigenvalue weighted by molar-refractivity contribution is 7.21. The summed E-state index contributed by atoms with van der Waals surface area (Å²) >= 11 is 7.52. The molecule has 9 heteroatoms. The Morgan fingerprint density at radius 3 is 2.59 bits per heavy atom. The van der Waals surface area contributed by atoms with Crippen LogP contribution in [0.5, 0.6) is 0 Å². The van der Waals surface area contributed by atoms with E-state index < -0.39 is 11.9 Å². The second-order valence-electron chi connectivity index (χ2n) is 6.78. The lowest BCUT2D eigenvalue weighted by molar-refractivity contribution is -0.116. The van der Waals surface area contributed by atoms with Gasteiger partial charge in [-0.1, -0.05) is 54.1 Å². The number of carbonyl (C=O) groups is 2. The van der Waals surface area contributed by atoms with Crippen LogP contribution in [0, 0.1) is 0 Å². The van der Waals surface area contributed by atoms with Crippen molar-refractivity contribution in [3.63, 3.8) is 0 Å². The van der Waals surface area contributed by atoms with Crippen molar-refractivity contribution in [2.75, 3.05) is 11.9 Å². The van der Waals surface area contributed by atoms with Gasteiger partial charge in [-0.3, -0.25) is 14.2 Å². The third-order valence-electron chi connectivity index (χ3n) is 4.71. The first kappa shape index (κ1) is 21.7. The number of thiophene rings is 1. The topological polar surface area (TPSA) is 90.3 Å². The molecule has 0 radical (unpaired) electrons. The molecule has 7 nitrogen and oxygen atoms in total. The van der Waals surface area contributed by atoms with E-state index in [2.05, 4.69) is 10.3 Å². The Balaban J connectivity index is 1.67. The Morgan fingerprint density at radius 2 is 1.84 bits per heavy atom. The molecule has 4 rings (SSSR count). The number of ether oxygens (including phenoxy) is 1. The Labute approximate surface area is 192 Å². The van der Waals surface area contributed by atoms with Gasteiger partial charge in [0, 0.05) is 5.56 Å². The molecule has 0 atom stereocenters. The average molecular weight is 468 g/mol. The van der Waals surface area contributed by atoms with Crippen LogP contribution < -0.4 is 10.9 Å². The van der Waals surface area contributed by atoms with E-state index in [9.17, 15) is 14.4 Å². The van der Waals surface area contributed by atoms with Gasteiger partial charge in [-0.2, -0.15) is 0 Å². The number of hydrogen-bond acceptors (Lipinski definition) is 6. The van der Waals surface area contributed by atoms with Crippen LogP contribution in [0.1, 0.15) is 17.3 Å².